The van der Waals surface area contributed by atoms with Gasteiger partial charge in [0.25, 0.3) is 5.89 Å². The number of aromatic nitrogens is 5. The van der Waals surface area contributed by atoms with Crippen molar-refractivity contribution in [2.45, 2.75) is 25.9 Å². The van der Waals surface area contributed by atoms with Crippen LogP contribution in [0.5, 0.6) is 0 Å². The Hall–Kier alpha value is -2.06. The molecule has 3 aromatic rings. The Kier molecular flexibility index (Phi) is 3.11. The predicted molar refractivity (Wildman–Crippen MR) is 73.9 cm³/mol. The van der Waals surface area contributed by atoms with E-state index in [1.165, 1.54) is 0 Å². The molecule has 3 rings (SSSR count). The third kappa shape index (κ3) is 2.61. The molecule has 0 saturated heterocycles. The topological polar surface area (TPSA) is 95.7 Å². The number of hydrogen-bond acceptors (Lipinski definition) is 7. The molecular weight excluding hydrogens is 276 g/mol. The molecule has 0 radical (unpaired) electrons. The maximum absolute atomic E-state index is 5.97. The zero-order valence-electron chi connectivity index (χ0n) is 11.1. The van der Waals surface area contributed by atoms with Crippen LogP contribution < -0.4 is 5.73 Å². The highest BCUT2D eigenvalue weighted by Crippen LogP contribution is 2.22. The van der Waals surface area contributed by atoms with Crippen molar-refractivity contribution in [3.05, 3.63) is 35.2 Å². The van der Waals surface area contributed by atoms with Crippen LogP contribution in [0, 0.1) is 0 Å². The molecule has 0 saturated carbocycles. The number of hydrogen-bond donors (Lipinski definition) is 1. The molecule has 0 aliphatic rings. The molecule has 0 atom stereocenters. The smallest absolute Gasteiger partial charge is 0.268 e. The molecule has 8 heteroatoms. The summed E-state index contributed by atoms with van der Waals surface area (Å²) in [6.07, 6.45) is 1.79. The maximum Gasteiger partial charge on any atom is 0.268 e. The van der Waals surface area contributed by atoms with Crippen LogP contribution in [0.2, 0.25) is 0 Å². The van der Waals surface area contributed by atoms with Gasteiger partial charge in [0.05, 0.1) is 16.6 Å². The average Bonchev–Trinajstić information content (AvgIpc) is 3.08. The maximum atomic E-state index is 5.97. The van der Waals surface area contributed by atoms with Crippen molar-refractivity contribution in [3.8, 4) is 10.8 Å². The van der Waals surface area contributed by atoms with Gasteiger partial charge in [0, 0.05) is 0 Å². The van der Waals surface area contributed by atoms with Gasteiger partial charge >= 0.3 is 0 Å². The summed E-state index contributed by atoms with van der Waals surface area (Å²) in [5.74, 6) is 1.08. The molecular formula is C12H14N6OS. The normalized spacial score (nSPS) is 11.9. The minimum Gasteiger partial charge on any atom is -0.333 e. The molecule has 0 bridgehead atoms. The lowest BCUT2D eigenvalue weighted by Crippen LogP contribution is -2.29. The first-order chi connectivity index (χ1) is 9.52. The fraction of sp³-hybridized carbons (Fsp3) is 0.333. The summed E-state index contributed by atoms with van der Waals surface area (Å²) in [6.45, 7) is 4.16. The quantitative estimate of drug-likeness (QED) is 0.784. The van der Waals surface area contributed by atoms with Crippen molar-refractivity contribution < 1.29 is 4.52 Å². The molecule has 0 fully saturated rings. The van der Waals surface area contributed by atoms with Gasteiger partial charge in [0.15, 0.2) is 5.82 Å². The lowest BCUT2D eigenvalue weighted by atomic mass is 10.0. The van der Waals surface area contributed by atoms with Crippen LogP contribution in [0.3, 0.4) is 0 Å². The van der Waals surface area contributed by atoms with E-state index in [0.717, 1.165) is 10.6 Å². The zero-order valence-corrected chi connectivity index (χ0v) is 12.0. The molecule has 0 aliphatic heterocycles. The van der Waals surface area contributed by atoms with Gasteiger partial charge < -0.3 is 10.3 Å². The molecule has 0 unspecified atom stereocenters. The van der Waals surface area contributed by atoms with Crippen LogP contribution in [-0.4, -0.2) is 25.1 Å². The van der Waals surface area contributed by atoms with Gasteiger partial charge in [0.1, 0.15) is 12.2 Å². The Balaban J connectivity index is 1.77. The van der Waals surface area contributed by atoms with Crippen molar-refractivity contribution in [1.82, 2.24) is 25.1 Å². The number of nitrogens with two attached hydrogens (primary N) is 1. The summed E-state index contributed by atoms with van der Waals surface area (Å²) in [5, 5.41) is 14.0. The van der Waals surface area contributed by atoms with Crippen LogP contribution in [0.15, 0.2) is 28.2 Å². The van der Waals surface area contributed by atoms with Gasteiger partial charge in [-0.3, -0.25) is 0 Å². The Morgan fingerprint density at radius 2 is 2.30 bits per heavy atom. The van der Waals surface area contributed by atoms with Crippen LogP contribution in [0.4, 0.5) is 0 Å². The second kappa shape index (κ2) is 4.80. The van der Waals surface area contributed by atoms with E-state index >= 15 is 0 Å². The largest absolute Gasteiger partial charge is 0.333 e. The van der Waals surface area contributed by atoms with Crippen LogP contribution >= 0.6 is 11.3 Å². The molecule has 7 nitrogen and oxygen atoms in total. The lowest BCUT2D eigenvalue weighted by molar-refractivity contribution is 0.419. The highest BCUT2D eigenvalue weighted by molar-refractivity contribution is 7.13. The summed E-state index contributed by atoms with van der Waals surface area (Å²) >= 11 is 1.56. The molecule has 3 aromatic heterocycles. The van der Waals surface area contributed by atoms with E-state index in [4.69, 9.17) is 10.3 Å². The van der Waals surface area contributed by atoms with Crippen molar-refractivity contribution in [2.24, 2.45) is 5.73 Å². The van der Waals surface area contributed by atoms with Gasteiger partial charge in [-0.1, -0.05) is 16.4 Å². The Morgan fingerprint density at radius 3 is 2.95 bits per heavy atom. The fourth-order valence-corrected chi connectivity index (χ4v) is 2.28. The molecule has 20 heavy (non-hydrogen) atoms. The van der Waals surface area contributed by atoms with Gasteiger partial charge in [-0.2, -0.15) is 4.98 Å². The van der Waals surface area contributed by atoms with E-state index in [1.807, 2.05) is 31.4 Å². The van der Waals surface area contributed by atoms with E-state index in [9.17, 15) is 0 Å². The first-order valence-corrected chi connectivity index (χ1v) is 6.96. The third-order valence-corrected chi connectivity index (χ3v) is 3.56. The first-order valence-electron chi connectivity index (χ1n) is 6.08. The van der Waals surface area contributed by atoms with E-state index in [2.05, 4.69) is 20.5 Å². The summed E-state index contributed by atoms with van der Waals surface area (Å²) in [6, 6.07) is 3.88. The highest BCUT2D eigenvalue weighted by Gasteiger charge is 2.19. The second-order valence-electron chi connectivity index (χ2n) is 5.02. The molecule has 104 valence electrons. The van der Waals surface area contributed by atoms with Gasteiger partial charge in [-0.25, -0.2) is 4.68 Å². The number of nitrogens with zero attached hydrogens (tertiary/aromatic N) is 5. The van der Waals surface area contributed by atoms with Crippen LogP contribution in [0.1, 0.15) is 25.4 Å². The molecule has 0 spiro atoms. The summed E-state index contributed by atoms with van der Waals surface area (Å²) in [7, 11) is 0. The Morgan fingerprint density at radius 1 is 1.45 bits per heavy atom. The van der Waals surface area contributed by atoms with E-state index in [-0.39, 0.29) is 0 Å². The zero-order chi connectivity index (χ0) is 14.2. The molecule has 0 aromatic carbocycles. The van der Waals surface area contributed by atoms with Crippen molar-refractivity contribution >= 4 is 11.3 Å². The van der Waals surface area contributed by atoms with Crippen molar-refractivity contribution in [2.75, 3.05) is 0 Å². The van der Waals surface area contributed by atoms with Gasteiger partial charge in [-0.05, 0) is 25.3 Å². The summed E-state index contributed by atoms with van der Waals surface area (Å²) in [4.78, 5) is 5.28. The average molecular weight is 290 g/mol. The van der Waals surface area contributed by atoms with Crippen LogP contribution in [0.25, 0.3) is 10.8 Å². The van der Waals surface area contributed by atoms with E-state index in [0.29, 0.717) is 18.3 Å². The van der Waals surface area contributed by atoms with Crippen molar-refractivity contribution in [3.63, 3.8) is 0 Å². The molecule has 3 heterocycles. The van der Waals surface area contributed by atoms with E-state index < -0.39 is 5.54 Å². The molecule has 0 amide bonds. The Labute approximate surface area is 119 Å². The molecule has 0 aliphatic carbocycles. The lowest BCUT2D eigenvalue weighted by Gasteiger charge is -2.13. The van der Waals surface area contributed by atoms with Crippen LogP contribution in [-0.2, 0) is 12.1 Å². The van der Waals surface area contributed by atoms with Gasteiger partial charge in [-0.15, -0.1) is 16.4 Å². The number of thiophene rings is 1. The highest BCUT2D eigenvalue weighted by atomic mass is 32.1. The minimum atomic E-state index is -0.516. The fourth-order valence-electron chi connectivity index (χ4n) is 1.63. The SMILES string of the molecule is CC(C)(N)c1cn(Cc2noc(-c3cccs3)n2)nn1. The predicted octanol–water partition coefficient (Wildman–Crippen LogP) is 1.63. The summed E-state index contributed by atoms with van der Waals surface area (Å²) < 4.78 is 6.86. The van der Waals surface area contributed by atoms with Gasteiger partial charge in [0.2, 0.25) is 0 Å². The summed E-state index contributed by atoms with van der Waals surface area (Å²) in [5.41, 5.74) is 6.17. The van der Waals surface area contributed by atoms with E-state index in [1.54, 1.807) is 22.2 Å². The minimum absolute atomic E-state index is 0.401. The molecule has 2 N–H and O–H groups in total. The second-order valence-corrected chi connectivity index (χ2v) is 5.96. The third-order valence-electron chi connectivity index (χ3n) is 2.70. The number of rotatable bonds is 4. The first kappa shape index (κ1) is 12.9. The Bertz CT molecular complexity index is 694. The van der Waals surface area contributed by atoms with Crippen molar-refractivity contribution in [1.29, 1.82) is 0 Å². The monoisotopic (exact) mass is 290 g/mol. The standard InChI is InChI=1S/C12H14N6OS/c1-12(2,13)9-6-18(17-15-9)7-10-14-11(19-16-10)8-4-3-5-20-8/h3-6H,7,13H2,1-2H3.